The van der Waals surface area contributed by atoms with Crippen LogP contribution in [0.25, 0.3) is 0 Å². The molecule has 2 aliphatic rings. The molecule has 1 aromatic heterocycles. The van der Waals surface area contributed by atoms with E-state index in [1.165, 1.54) is 56.9 Å². The first-order chi connectivity index (χ1) is 11.3. The Hall–Kier alpha value is -1.78. The van der Waals surface area contributed by atoms with Crippen molar-refractivity contribution in [1.82, 2.24) is 10.3 Å². The summed E-state index contributed by atoms with van der Waals surface area (Å²) in [5.41, 5.74) is 7.25. The van der Waals surface area contributed by atoms with E-state index in [4.69, 9.17) is 5.73 Å². The lowest BCUT2D eigenvalue weighted by atomic mass is 10.1. The Kier molecular flexibility index (Phi) is 5.72. The number of aromatic nitrogens is 1. The Bertz CT molecular complexity index is 514. The van der Waals surface area contributed by atoms with Crippen molar-refractivity contribution in [3.63, 3.8) is 0 Å². The molecule has 0 radical (unpaired) electrons. The van der Waals surface area contributed by atoms with Crippen LogP contribution in [0.15, 0.2) is 23.3 Å². The maximum atomic E-state index is 6.08. The highest BCUT2D eigenvalue weighted by Crippen LogP contribution is 2.19. The van der Waals surface area contributed by atoms with Crippen molar-refractivity contribution in [3.05, 3.63) is 23.9 Å². The first kappa shape index (κ1) is 16.1. The van der Waals surface area contributed by atoms with Gasteiger partial charge in [-0.2, -0.15) is 0 Å². The summed E-state index contributed by atoms with van der Waals surface area (Å²) in [6.45, 7) is 2.85. The molecule has 5 nitrogen and oxygen atoms in total. The van der Waals surface area contributed by atoms with Gasteiger partial charge in [0.15, 0.2) is 5.96 Å². The van der Waals surface area contributed by atoms with E-state index in [0.717, 1.165) is 18.9 Å². The standard InChI is InChI=1S/C18H29N5/c19-18(22-16-7-3-1-2-4-8-16)21-14-15-9-10-20-17(13-15)23-11-5-6-12-23/h9-10,13,16H,1-8,11-12,14H2,(H3,19,21,22). The molecule has 1 aliphatic carbocycles. The summed E-state index contributed by atoms with van der Waals surface area (Å²) in [4.78, 5) is 11.4. The molecule has 0 atom stereocenters. The highest BCUT2D eigenvalue weighted by atomic mass is 15.2. The van der Waals surface area contributed by atoms with Crippen LogP contribution in [0.1, 0.15) is 56.9 Å². The molecular formula is C18H29N5. The van der Waals surface area contributed by atoms with Crippen molar-refractivity contribution in [1.29, 1.82) is 0 Å². The van der Waals surface area contributed by atoms with Gasteiger partial charge < -0.3 is 16.0 Å². The Labute approximate surface area is 139 Å². The van der Waals surface area contributed by atoms with Gasteiger partial charge in [0.2, 0.25) is 0 Å². The molecule has 2 fully saturated rings. The van der Waals surface area contributed by atoms with E-state index >= 15 is 0 Å². The zero-order valence-electron chi connectivity index (χ0n) is 14.0. The third kappa shape index (κ3) is 4.85. The number of pyridine rings is 1. The fourth-order valence-electron chi connectivity index (χ4n) is 3.53. The summed E-state index contributed by atoms with van der Waals surface area (Å²) in [5.74, 6) is 1.65. The molecule has 0 bridgehead atoms. The SMILES string of the molecule is NC(=NCc1ccnc(N2CCCC2)c1)NC1CCCCCC1. The summed E-state index contributed by atoms with van der Waals surface area (Å²) in [6.07, 6.45) is 12.1. The molecule has 3 N–H and O–H groups in total. The molecule has 23 heavy (non-hydrogen) atoms. The van der Waals surface area contributed by atoms with E-state index in [9.17, 15) is 0 Å². The maximum absolute atomic E-state index is 6.08. The van der Waals surface area contributed by atoms with Crippen LogP contribution < -0.4 is 16.0 Å². The molecule has 3 rings (SSSR count). The Morgan fingerprint density at radius 2 is 1.91 bits per heavy atom. The number of rotatable bonds is 4. The normalized spacial score (nSPS) is 20.5. The van der Waals surface area contributed by atoms with Crippen LogP contribution in [0.5, 0.6) is 0 Å². The van der Waals surface area contributed by atoms with E-state index in [1.54, 1.807) is 0 Å². The van der Waals surface area contributed by atoms with E-state index in [1.807, 2.05) is 12.3 Å². The Morgan fingerprint density at radius 1 is 1.17 bits per heavy atom. The van der Waals surface area contributed by atoms with Gasteiger partial charge in [0.25, 0.3) is 0 Å². The van der Waals surface area contributed by atoms with Gasteiger partial charge in [-0.05, 0) is 43.4 Å². The van der Waals surface area contributed by atoms with Crippen molar-refractivity contribution < 1.29 is 0 Å². The molecule has 1 aliphatic heterocycles. The summed E-state index contributed by atoms with van der Waals surface area (Å²) in [5, 5.41) is 3.40. The van der Waals surface area contributed by atoms with Crippen molar-refractivity contribution in [2.75, 3.05) is 18.0 Å². The number of aliphatic imine (C=N–C) groups is 1. The molecule has 0 amide bonds. The van der Waals surface area contributed by atoms with Crippen molar-refractivity contribution >= 4 is 11.8 Å². The van der Waals surface area contributed by atoms with Crippen LogP contribution >= 0.6 is 0 Å². The summed E-state index contributed by atoms with van der Waals surface area (Å²) in [6, 6.07) is 4.68. The highest BCUT2D eigenvalue weighted by Gasteiger charge is 2.14. The molecule has 2 heterocycles. The summed E-state index contributed by atoms with van der Waals surface area (Å²) >= 11 is 0. The fourth-order valence-corrected chi connectivity index (χ4v) is 3.53. The van der Waals surface area contributed by atoms with Crippen LogP contribution in [-0.2, 0) is 6.54 Å². The largest absolute Gasteiger partial charge is 0.370 e. The van der Waals surface area contributed by atoms with Gasteiger partial charge in [0.05, 0.1) is 6.54 Å². The van der Waals surface area contributed by atoms with Crippen molar-refractivity contribution in [3.8, 4) is 0 Å². The van der Waals surface area contributed by atoms with Gasteiger partial charge in [-0.25, -0.2) is 9.98 Å². The average Bonchev–Trinajstić information content (AvgIpc) is 2.99. The monoisotopic (exact) mass is 315 g/mol. The molecular weight excluding hydrogens is 286 g/mol. The van der Waals surface area contributed by atoms with E-state index in [-0.39, 0.29) is 0 Å². The van der Waals surface area contributed by atoms with Gasteiger partial charge in [-0.1, -0.05) is 25.7 Å². The molecule has 0 unspecified atom stereocenters. The quantitative estimate of drug-likeness (QED) is 0.509. The Balaban J connectivity index is 1.54. The lowest BCUT2D eigenvalue weighted by molar-refractivity contribution is 0.530. The first-order valence-corrected chi connectivity index (χ1v) is 9.07. The van der Waals surface area contributed by atoms with Gasteiger partial charge in [-0.15, -0.1) is 0 Å². The van der Waals surface area contributed by atoms with Crippen LogP contribution in [0.2, 0.25) is 0 Å². The summed E-state index contributed by atoms with van der Waals surface area (Å²) in [7, 11) is 0. The highest BCUT2D eigenvalue weighted by molar-refractivity contribution is 5.78. The second-order valence-corrected chi connectivity index (χ2v) is 6.75. The number of nitrogens with two attached hydrogens (primary N) is 1. The molecule has 5 heteroatoms. The summed E-state index contributed by atoms with van der Waals surface area (Å²) < 4.78 is 0. The fraction of sp³-hybridized carbons (Fsp3) is 0.667. The maximum Gasteiger partial charge on any atom is 0.189 e. The van der Waals surface area contributed by atoms with Gasteiger partial charge in [0.1, 0.15) is 5.82 Å². The predicted octanol–water partition coefficient (Wildman–Crippen LogP) is 2.81. The molecule has 0 aromatic carbocycles. The van der Waals surface area contributed by atoms with Crippen molar-refractivity contribution in [2.45, 2.75) is 64.0 Å². The Morgan fingerprint density at radius 3 is 2.65 bits per heavy atom. The first-order valence-electron chi connectivity index (χ1n) is 9.07. The average molecular weight is 315 g/mol. The smallest absolute Gasteiger partial charge is 0.189 e. The van der Waals surface area contributed by atoms with Crippen LogP contribution in [0.3, 0.4) is 0 Å². The number of hydrogen-bond acceptors (Lipinski definition) is 3. The minimum absolute atomic E-state index is 0.499. The topological polar surface area (TPSA) is 66.5 Å². The number of guanidine groups is 1. The third-order valence-electron chi connectivity index (χ3n) is 4.88. The second-order valence-electron chi connectivity index (χ2n) is 6.75. The van der Waals surface area contributed by atoms with Gasteiger partial charge in [-0.3, -0.25) is 0 Å². The minimum atomic E-state index is 0.499. The number of nitrogens with one attached hydrogen (secondary N) is 1. The zero-order chi connectivity index (χ0) is 15.9. The lowest BCUT2D eigenvalue weighted by Gasteiger charge is -2.17. The number of anilines is 1. The van der Waals surface area contributed by atoms with Crippen LogP contribution in [-0.4, -0.2) is 30.1 Å². The van der Waals surface area contributed by atoms with Crippen LogP contribution in [0.4, 0.5) is 5.82 Å². The predicted molar refractivity (Wildman–Crippen MR) is 95.6 cm³/mol. The van der Waals surface area contributed by atoms with E-state index in [0.29, 0.717) is 18.5 Å². The molecule has 0 spiro atoms. The molecule has 1 saturated carbocycles. The zero-order valence-corrected chi connectivity index (χ0v) is 14.0. The van der Waals surface area contributed by atoms with E-state index in [2.05, 4.69) is 26.3 Å². The van der Waals surface area contributed by atoms with E-state index < -0.39 is 0 Å². The molecule has 1 saturated heterocycles. The molecule has 1 aromatic rings. The van der Waals surface area contributed by atoms with Gasteiger partial charge >= 0.3 is 0 Å². The van der Waals surface area contributed by atoms with Crippen LogP contribution in [0, 0.1) is 0 Å². The third-order valence-corrected chi connectivity index (χ3v) is 4.88. The van der Waals surface area contributed by atoms with Crippen molar-refractivity contribution in [2.24, 2.45) is 10.7 Å². The lowest BCUT2D eigenvalue weighted by Crippen LogP contribution is -2.39. The van der Waals surface area contributed by atoms with Gasteiger partial charge in [0, 0.05) is 25.3 Å². The number of hydrogen-bond donors (Lipinski definition) is 2. The number of nitrogens with zero attached hydrogens (tertiary/aromatic N) is 3. The second kappa shape index (κ2) is 8.18. The molecule has 126 valence electrons. The minimum Gasteiger partial charge on any atom is -0.370 e.